The van der Waals surface area contributed by atoms with Crippen molar-refractivity contribution in [3.05, 3.63) is 77.7 Å². The molecular weight excluding hydrogens is 402 g/mol. The first-order chi connectivity index (χ1) is 14.2. The monoisotopic (exact) mass is 421 g/mol. The molecule has 0 saturated carbocycles. The van der Waals surface area contributed by atoms with Crippen LogP contribution in [0.4, 0.5) is 0 Å². The fraction of sp³-hybridized carbons (Fsp3) is 0.136. The summed E-state index contributed by atoms with van der Waals surface area (Å²) >= 11 is 3.22. The number of aromatic nitrogens is 3. The van der Waals surface area contributed by atoms with Gasteiger partial charge >= 0.3 is 0 Å². The first-order valence-corrected chi connectivity index (χ1v) is 11.0. The van der Waals surface area contributed by atoms with E-state index in [1.165, 1.54) is 0 Å². The molecular formula is C22H19N3O2S2. The highest BCUT2D eigenvalue weighted by Crippen LogP contribution is 2.30. The molecule has 0 N–H and O–H groups in total. The number of Topliss-reactive ketones (excluding diaryl/α,β-unsaturated/α-hetero) is 1. The number of thioether (sulfide) groups is 1. The molecule has 0 aliphatic heterocycles. The predicted molar refractivity (Wildman–Crippen MR) is 117 cm³/mol. The number of carbonyl (C=O) groups is 1. The molecule has 4 aromatic rings. The minimum Gasteiger partial charge on any atom is -0.492 e. The SMILES string of the molecule is CC(=O)c1ccccc1OCCSc1nnc(-c2cccs2)n1-c1ccccc1. The Morgan fingerprint density at radius 3 is 2.59 bits per heavy atom. The maximum absolute atomic E-state index is 11.7. The zero-order valence-electron chi connectivity index (χ0n) is 15.8. The second-order valence-corrected chi connectivity index (χ2v) is 8.21. The number of benzene rings is 2. The van der Waals surface area contributed by atoms with Gasteiger partial charge in [0, 0.05) is 11.4 Å². The highest BCUT2D eigenvalue weighted by atomic mass is 32.2. The van der Waals surface area contributed by atoms with Crippen LogP contribution in [0.5, 0.6) is 5.75 Å². The number of hydrogen-bond acceptors (Lipinski definition) is 6. The van der Waals surface area contributed by atoms with Crippen LogP contribution in [-0.2, 0) is 0 Å². The number of ether oxygens (including phenoxy) is 1. The Balaban J connectivity index is 1.51. The summed E-state index contributed by atoms with van der Waals surface area (Å²) in [6.07, 6.45) is 0. The predicted octanol–water partition coefficient (Wildman–Crippen LogP) is 5.37. The second-order valence-electron chi connectivity index (χ2n) is 6.20. The first-order valence-electron chi connectivity index (χ1n) is 9.14. The van der Waals surface area contributed by atoms with E-state index in [1.807, 2.05) is 66.0 Å². The van der Waals surface area contributed by atoms with Crippen LogP contribution in [0.3, 0.4) is 0 Å². The van der Waals surface area contributed by atoms with Gasteiger partial charge in [-0.2, -0.15) is 0 Å². The van der Waals surface area contributed by atoms with Crippen LogP contribution < -0.4 is 4.74 Å². The van der Waals surface area contributed by atoms with Gasteiger partial charge in [-0.15, -0.1) is 21.5 Å². The average Bonchev–Trinajstić information content (AvgIpc) is 3.42. The molecule has 0 saturated heterocycles. The van der Waals surface area contributed by atoms with Crippen LogP contribution in [0.25, 0.3) is 16.4 Å². The number of rotatable bonds is 8. The highest BCUT2D eigenvalue weighted by Gasteiger charge is 2.16. The summed E-state index contributed by atoms with van der Waals surface area (Å²) < 4.78 is 7.92. The summed E-state index contributed by atoms with van der Waals surface area (Å²) in [7, 11) is 0. The molecule has 0 fully saturated rings. The zero-order valence-corrected chi connectivity index (χ0v) is 17.5. The molecule has 0 amide bonds. The Labute approximate surface area is 177 Å². The Morgan fingerprint density at radius 2 is 1.83 bits per heavy atom. The smallest absolute Gasteiger partial charge is 0.196 e. The minimum absolute atomic E-state index is 0.00216. The van der Waals surface area contributed by atoms with Gasteiger partial charge in [-0.1, -0.05) is 48.2 Å². The number of thiophene rings is 1. The number of carbonyl (C=O) groups excluding carboxylic acids is 1. The molecule has 7 heteroatoms. The van der Waals surface area contributed by atoms with Gasteiger partial charge in [-0.05, 0) is 42.6 Å². The van der Waals surface area contributed by atoms with Crippen molar-refractivity contribution in [2.75, 3.05) is 12.4 Å². The molecule has 0 radical (unpaired) electrons. The number of nitrogens with zero attached hydrogens (tertiary/aromatic N) is 3. The first kappa shape index (κ1) is 19.4. The standard InChI is InChI=1S/C22H19N3O2S2/c1-16(26)18-10-5-6-11-19(18)27-13-15-29-22-24-23-21(20-12-7-14-28-20)25(22)17-8-3-2-4-9-17/h2-12,14H,13,15H2,1H3. The molecule has 2 aromatic carbocycles. The summed E-state index contributed by atoms with van der Waals surface area (Å²) in [6, 6.07) is 21.5. The Morgan fingerprint density at radius 1 is 1.03 bits per heavy atom. The van der Waals surface area contributed by atoms with Crippen LogP contribution >= 0.6 is 23.1 Å². The van der Waals surface area contributed by atoms with E-state index in [4.69, 9.17) is 4.74 Å². The molecule has 2 aromatic heterocycles. The zero-order chi connectivity index (χ0) is 20.1. The molecule has 29 heavy (non-hydrogen) atoms. The van der Waals surface area contributed by atoms with Crippen LogP contribution in [0, 0.1) is 0 Å². The molecule has 0 atom stereocenters. The van der Waals surface area contributed by atoms with E-state index < -0.39 is 0 Å². The van der Waals surface area contributed by atoms with E-state index in [9.17, 15) is 4.79 Å². The molecule has 5 nitrogen and oxygen atoms in total. The Bertz CT molecular complexity index is 1090. The van der Waals surface area contributed by atoms with Gasteiger partial charge in [0.2, 0.25) is 0 Å². The van der Waals surface area contributed by atoms with Crippen LogP contribution in [0.2, 0.25) is 0 Å². The number of para-hydroxylation sites is 2. The van der Waals surface area contributed by atoms with Crippen molar-refractivity contribution in [2.24, 2.45) is 0 Å². The minimum atomic E-state index is -0.00216. The highest BCUT2D eigenvalue weighted by molar-refractivity contribution is 7.99. The van der Waals surface area contributed by atoms with E-state index in [-0.39, 0.29) is 5.78 Å². The third-order valence-corrected chi connectivity index (χ3v) is 5.99. The quantitative estimate of drug-likeness (QED) is 0.217. The lowest BCUT2D eigenvalue weighted by atomic mass is 10.1. The van der Waals surface area contributed by atoms with E-state index in [0.29, 0.717) is 23.7 Å². The van der Waals surface area contributed by atoms with Crippen molar-refractivity contribution in [3.8, 4) is 22.1 Å². The fourth-order valence-electron chi connectivity index (χ4n) is 2.91. The second kappa shape index (κ2) is 9.07. The van der Waals surface area contributed by atoms with Gasteiger partial charge in [0.05, 0.1) is 17.0 Å². The van der Waals surface area contributed by atoms with Crippen molar-refractivity contribution < 1.29 is 9.53 Å². The number of hydrogen-bond donors (Lipinski definition) is 0. The van der Waals surface area contributed by atoms with Crippen molar-refractivity contribution in [2.45, 2.75) is 12.1 Å². The number of ketones is 1. The molecule has 0 bridgehead atoms. The normalized spacial score (nSPS) is 10.8. The van der Waals surface area contributed by atoms with Crippen molar-refractivity contribution in [1.29, 1.82) is 0 Å². The van der Waals surface area contributed by atoms with Crippen LogP contribution in [-0.4, -0.2) is 32.9 Å². The largest absolute Gasteiger partial charge is 0.492 e. The average molecular weight is 422 g/mol. The fourth-order valence-corrected chi connectivity index (χ4v) is 4.37. The van der Waals surface area contributed by atoms with E-state index in [1.54, 1.807) is 36.1 Å². The Kier molecular flexibility index (Phi) is 6.07. The van der Waals surface area contributed by atoms with Crippen molar-refractivity contribution in [1.82, 2.24) is 14.8 Å². The van der Waals surface area contributed by atoms with E-state index in [2.05, 4.69) is 14.8 Å². The molecule has 146 valence electrons. The maximum Gasteiger partial charge on any atom is 0.196 e. The molecule has 4 rings (SSSR count). The van der Waals surface area contributed by atoms with Gasteiger partial charge in [-0.3, -0.25) is 9.36 Å². The van der Waals surface area contributed by atoms with Gasteiger partial charge in [0.25, 0.3) is 0 Å². The summed E-state index contributed by atoms with van der Waals surface area (Å²) in [5, 5.41) is 11.7. The maximum atomic E-state index is 11.7. The van der Waals surface area contributed by atoms with Gasteiger partial charge in [0.15, 0.2) is 16.8 Å². The van der Waals surface area contributed by atoms with Gasteiger partial charge < -0.3 is 4.74 Å². The topological polar surface area (TPSA) is 57.0 Å². The van der Waals surface area contributed by atoms with Crippen molar-refractivity contribution >= 4 is 28.9 Å². The molecule has 2 heterocycles. The third-order valence-electron chi connectivity index (χ3n) is 4.23. The summed E-state index contributed by atoms with van der Waals surface area (Å²) in [4.78, 5) is 12.8. The Hall–Kier alpha value is -2.90. The van der Waals surface area contributed by atoms with Crippen LogP contribution in [0.15, 0.2) is 77.3 Å². The van der Waals surface area contributed by atoms with Crippen LogP contribution in [0.1, 0.15) is 17.3 Å². The summed E-state index contributed by atoms with van der Waals surface area (Å²) in [5.74, 6) is 2.13. The molecule has 0 aliphatic carbocycles. The lowest BCUT2D eigenvalue weighted by Crippen LogP contribution is -2.05. The van der Waals surface area contributed by atoms with Gasteiger partial charge in [0.1, 0.15) is 5.75 Å². The lowest BCUT2D eigenvalue weighted by molar-refractivity contribution is 0.101. The summed E-state index contributed by atoms with van der Waals surface area (Å²) in [6.45, 7) is 2.01. The van der Waals surface area contributed by atoms with E-state index in [0.717, 1.165) is 21.5 Å². The van der Waals surface area contributed by atoms with E-state index >= 15 is 0 Å². The van der Waals surface area contributed by atoms with Gasteiger partial charge in [-0.25, -0.2) is 0 Å². The molecule has 0 spiro atoms. The third kappa shape index (κ3) is 4.41. The lowest BCUT2D eigenvalue weighted by Gasteiger charge is -2.11. The molecule has 0 unspecified atom stereocenters. The summed E-state index contributed by atoms with van der Waals surface area (Å²) in [5.41, 5.74) is 1.62. The molecule has 0 aliphatic rings. The van der Waals surface area contributed by atoms with Crippen molar-refractivity contribution in [3.63, 3.8) is 0 Å².